The Morgan fingerprint density at radius 2 is 0.823 bits per heavy atom. The van der Waals surface area contributed by atoms with E-state index in [1.165, 1.54) is 44.7 Å². The second-order valence-electron chi connectivity index (χ2n) is 36.3. The Morgan fingerprint density at radius 1 is 0.476 bits per heavy atom. The van der Waals surface area contributed by atoms with E-state index in [1.54, 1.807) is 55.0 Å². The van der Waals surface area contributed by atoms with Gasteiger partial charge in [0.05, 0.1) is 42.1 Å². The van der Waals surface area contributed by atoms with Crippen LogP contribution in [0.1, 0.15) is 197 Å². The van der Waals surface area contributed by atoms with Crippen molar-refractivity contribution in [3.8, 4) is 11.3 Å². The van der Waals surface area contributed by atoms with Gasteiger partial charge in [0, 0.05) is 109 Å². The Labute approximate surface area is 727 Å². The predicted molar refractivity (Wildman–Crippen MR) is 453 cm³/mol. The molecule has 0 radical (unpaired) electrons. The molecule has 12 aliphatic heterocycles. The number of fused-ring (bicyclic) bond motifs is 1. The minimum atomic E-state index is -0.942. The van der Waals surface area contributed by atoms with Crippen molar-refractivity contribution in [3.05, 3.63) is 41.0 Å². The van der Waals surface area contributed by atoms with Crippen molar-refractivity contribution >= 4 is 133 Å². The summed E-state index contributed by atoms with van der Waals surface area (Å²) >= 11 is 2.56. The van der Waals surface area contributed by atoms with E-state index in [1.807, 2.05) is 51.3 Å². The van der Waals surface area contributed by atoms with Gasteiger partial charge in [-0.3, -0.25) is 71.9 Å². The third kappa shape index (κ3) is 16.9. The maximum atomic E-state index is 15.1. The van der Waals surface area contributed by atoms with Crippen LogP contribution in [0.4, 0.5) is 11.4 Å². The Kier molecular flexibility index (Phi) is 25.3. The molecular formula is C85H114N22O15S2. The van der Waals surface area contributed by atoms with E-state index in [0.717, 1.165) is 0 Å². The van der Waals surface area contributed by atoms with Crippen LogP contribution in [0.5, 0.6) is 0 Å². The van der Waals surface area contributed by atoms with Crippen molar-refractivity contribution in [2.24, 2.45) is 5.73 Å². The van der Waals surface area contributed by atoms with E-state index in [-0.39, 0.29) is 161 Å². The summed E-state index contributed by atoms with van der Waals surface area (Å²) in [7, 11) is 0. The lowest BCUT2D eigenvalue weighted by Crippen LogP contribution is -2.59. The molecule has 37 nitrogen and oxygen atoms in total. The van der Waals surface area contributed by atoms with E-state index in [9.17, 15) is 47.9 Å². The Hall–Kier alpha value is -10.6. The number of likely N-dealkylation sites (tertiary alicyclic amines) is 12. The first-order valence-corrected chi connectivity index (χ1v) is 46.5. The monoisotopic (exact) mass is 1750 g/mol. The molecule has 7 N–H and O–H groups in total. The summed E-state index contributed by atoms with van der Waals surface area (Å²) in [6.45, 7) is 10.2. The fourth-order valence-electron chi connectivity index (χ4n) is 21.5. The van der Waals surface area contributed by atoms with Gasteiger partial charge in [-0.1, -0.05) is 29.1 Å². The van der Waals surface area contributed by atoms with Gasteiger partial charge in [-0.2, -0.15) is 0 Å². The topological polar surface area (TPSA) is 440 Å². The minimum Gasteiger partial charge on any atom is -0.397 e. The number of thiophene rings is 1. The molecule has 124 heavy (non-hydrogen) atoms. The number of nitrogen functional groups attached to an aromatic ring is 1. The van der Waals surface area contributed by atoms with Crippen LogP contribution in [0.3, 0.4) is 0 Å². The number of rotatable bonds is 21. The molecule has 0 aliphatic carbocycles. The molecule has 0 saturated carbocycles. The summed E-state index contributed by atoms with van der Waals surface area (Å²) in [6, 6.07) is -3.63. The molecule has 12 saturated heterocycles. The highest BCUT2D eigenvalue weighted by Crippen LogP contribution is 2.43. The molecule has 13 atom stereocenters. The van der Waals surface area contributed by atoms with E-state index >= 15 is 24.0 Å². The molecule has 15 amide bonds. The highest BCUT2D eigenvalue weighted by molar-refractivity contribution is 7.98. The smallest absolute Gasteiger partial charge is 0.263 e. The molecule has 0 bridgehead atoms. The van der Waals surface area contributed by atoms with Gasteiger partial charge in [0.2, 0.25) is 82.7 Å². The molecule has 39 heteroatoms. The lowest BCUT2D eigenvalue weighted by molar-refractivity contribution is -0.156. The summed E-state index contributed by atoms with van der Waals surface area (Å²) in [5.41, 5.74) is 14.4. The van der Waals surface area contributed by atoms with Crippen molar-refractivity contribution in [3.63, 3.8) is 0 Å². The zero-order valence-electron chi connectivity index (χ0n) is 71.3. The van der Waals surface area contributed by atoms with Gasteiger partial charge in [0.15, 0.2) is 5.16 Å². The molecule has 4 aromatic rings. The number of thioether (sulfide) groups is 1. The van der Waals surface area contributed by atoms with Gasteiger partial charge in [0.25, 0.3) is 5.91 Å². The molecule has 16 rings (SSSR count). The van der Waals surface area contributed by atoms with E-state index in [0.29, 0.717) is 204 Å². The van der Waals surface area contributed by atoms with Gasteiger partial charge in [-0.05, 0) is 180 Å². The van der Waals surface area contributed by atoms with Crippen molar-refractivity contribution in [2.45, 2.75) is 271 Å². The Morgan fingerprint density at radius 3 is 1.16 bits per heavy atom. The average molecular weight is 1750 g/mol. The SMILES string of the molecule is CSc1nc(-c2cccc(NCC(=O)NCc3cn([C@H]4C[C@@H](C(=O)N5CCC[C@H]5C(=O)N5CCC[C@H]5C(=O)N5CCC[C@H]5C(=O)N5CCC[C@H]5C(=O)N5CCC[C@H]5C(=O)N5CCC[C@H]5C(=O)N5CCC[C@H]5C(=O)N5CCC[C@H]5C(=O)N5CCC[C@H]5C(=O)N5CCC[C@H]5C(=O)N5CCC[C@H]5C(N)=O)N(C(C)=O)C4)nn3)c2)c2c(N)c(C(=O)NC(C)(C)C)sc2n1. The van der Waals surface area contributed by atoms with Crippen LogP contribution in [0.25, 0.3) is 21.5 Å². The van der Waals surface area contributed by atoms with Crippen LogP contribution in [-0.4, -0.2) is 342 Å². The lowest BCUT2D eigenvalue weighted by atomic mass is 10.1. The van der Waals surface area contributed by atoms with Crippen LogP contribution >= 0.6 is 23.1 Å². The number of carbonyl (C=O) groups excluding carboxylic acids is 15. The van der Waals surface area contributed by atoms with Crippen LogP contribution < -0.4 is 27.4 Å². The third-order valence-electron chi connectivity index (χ3n) is 27.5. The molecule has 1 aromatic carbocycles. The molecular weight excluding hydrogens is 1630 g/mol. The van der Waals surface area contributed by atoms with Crippen molar-refractivity contribution in [1.82, 2.24) is 94.4 Å². The number of anilines is 2. The van der Waals surface area contributed by atoms with E-state index in [4.69, 9.17) is 16.5 Å². The number of hydrogen-bond acceptors (Lipinski definition) is 23. The highest BCUT2D eigenvalue weighted by Gasteiger charge is 2.55. The van der Waals surface area contributed by atoms with Crippen LogP contribution in [-0.2, 0) is 73.7 Å². The molecule has 0 unspecified atom stereocenters. The first kappa shape index (κ1) is 86.9. The van der Waals surface area contributed by atoms with E-state index in [2.05, 4.69) is 31.2 Å². The average Bonchev–Trinajstić information content (AvgIpc) is 1.47. The van der Waals surface area contributed by atoms with Gasteiger partial charge < -0.3 is 86.2 Å². The highest BCUT2D eigenvalue weighted by atomic mass is 32.2. The number of amides is 15. The fraction of sp³-hybridized carbons (Fsp3) is 0.659. The summed E-state index contributed by atoms with van der Waals surface area (Å²) in [4.78, 5) is 244. The van der Waals surface area contributed by atoms with Gasteiger partial charge in [0.1, 0.15) is 87.9 Å². The first-order chi connectivity index (χ1) is 59.6. The van der Waals surface area contributed by atoms with Gasteiger partial charge in [-0.25, -0.2) is 14.6 Å². The van der Waals surface area contributed by atoms with Crippen LogP contribution in [0.15, 0.2) is 35.6 Å². The standard InChI is InChI=1S/C85H114N22O15S2/c1-48(108)106-47-52(107-46-51(93-94-107)44-89-65(109)45-88-50-19-6-18-49(42-50)68-66-67(86)69(71(111)92-85(2,3)4)124-72(66)91-84(90-68)123-5)43-64(106)83(122)105-41-17-30-63(105)82(121)104-40-16-29-62(104)81(120)103-39-15-28-61(103)80(119)102-38-14-27-60(102)79(118)101-37-13-26-59(101)78(117)100-36-12-25-58(100)77(116)99-35-11-24-57(99)76(115)98-34-10-23-56(98)75(114)97-33-9-22-55(97)74(113)96-32-8-21-54(96)73(112)95-31-7-20-53(95)70(87)110/h6,18-19,42,46,52-64,88H,7-17,20-41,43-45,47,86H2,1-5H3,(H2,87,110)(H,89,109)(H,92,111)/t52-,53-,54-,55-,56-,57-,58-,59-,60-,61-,62-,63-,64-/m0/s1. The first-order valence-electron chi connectivity index (χ1n) is 44.5. The van der Waals surface area contributed by atoms with Crippen LogP contribution in [0, 0.1) is 0 Å². The number of aromatic nitrogens is 5. The quantitative estimate of drug-likeness (QED) is 0.0588. The van der Waals surface area contributed by atoms with Crippen molar-refractivity contribution in [2.75, 3.05) is 102 Å². The zero-order chi connectivity index (χ0) is 87.4. The third-order valence-corrected chi connectivity index (χ3v) is 29.1. The van der Waals surface area contributed by atoms with Crippen molar-refractivity contribution < 1.29 is 71.9 Å². The molecule has 666 valence electrons. The summed E-state index contributed by atoms with van der Waals surface area (Å²) in [5, 5.41) is 18.8. The molecule has 0 spiro atoms. The normalized spacial score (nSPS) is 27.1. The number of nitrogens with one attached hydrogen (secondary N) is 3. The number of nitrogens with two attached hydrogens (primary N) is 2. The summed E-state index contributed by atoms with van der Waals surface area (Å²) in [6.07, 6.45) is 13.6. The maximum absolute atomic E-state index is 15.1. The largest absolute Gasteiger partial charge is 0.397 e. The number of carbonyl (C=O) groups is 15. The maximum Gasteiger partial charge on any atom is 0.263 e. The van der Waals surface area contributed by atoms with Gasteiger partial charge in [-0.15, -0.1) is 16.4 Å². The molecule has 12 fully saturated rings. The summed E-state index contributed by atoms with van der Waals surface area (Å²) < 4.78 is 1.59. The lowest BCUT2D eigenvalue weighted by Gasteiger charge is -2.38. The predicted octanol–water partition coefficient (Wildman–Crippen LogP) is 2.06. The van der Waals surface area contributed by atoms with Crippen molar-refractivity contribution in [1.29, 1.82) is 0 Å². The number of nitrogens with zero attached hydrogens (tertiary/aromatic N) is 17. The van der Waals surface area contributed by atoms with E-state index < -0.39 is 95.9 Å². The number of primary amides is 1. The summed E-state index contributed by atoms with van der Waals surface area (Å²) in [5.74, 6) is -5.58. The van der Waals surface area contributed by atoms with Gasteiger partial charge >= 0.3 is 0 Å². The minimum absolute atomic E-state index is 0.0217. The number of hydrogen-bond donors (Lipinski definition) is 5. The van der Waals surface area contributed by atoms with Crippen LogP contribution in [0.2, 0.25) is 0 Å². The second-order valence-corrected chi connectivity index (χ2v) is 38.0. The molecule has 15 heterocycles. The zero-order valence-corrected chi connectivity index (χ0v) is 72.9. The second kappa shape index (κ2) is 36.2. The fourth-order valence-corrected chi connectivity index (χ4v) is 23.0. The number of benzene rings is 1. The molecule has 3 aromatic heterocycles. The Balaban J connectivity index is 0.506. The molecule has 12 aliphatic rings. The Bertz CT molecular complexity index is 4920.